The molecule has 2 aromatic rings. The first kappa shape index (κ1) is 14.3. The minimum absolute atomic E-state index is 0.215. The van der Waals surface area contributed by atoms with Gasteiger partial charge in [-0.1, -0.05) is 29.4 Å². The molecule has 0 aliphatic rings. The van der Waals surface area contributed by atoms with E-state index < -0.39 is 0 Å². The van der Waals surface area contributed by atoms with Crippen LogP contribution in [0.1, 0.15) is 19.4 Å². The van der Waals surface area contributed by atoms with Crippen LogP contribution in [0.2, 0.25) is 0 Å². The summed E-state index contributed by atoms with van der Waals surface area (Å²) in [4.78, 5) is 6.59. The molecule has 0 fully saturated rings. The Kier molecular flexibility index (Phi) is 4.53. The summed E-state index contributed by atoms with van der Waals surface area (Å²) in [5.41, 5.74) is 7.76. The molecule has 1 aromatic heterocycles. The fourth-order valence-electron chi connectivity index (χ4n) is 2.17. The molecular formula is C15H20N4O. The van der Waals surface area contributed by atoms with Crippen LogP contribution >= 0.6 is 0 Å². The molecule has 0 aliphatic carbocycles. The average molecular weight is 272 g/mol. The van der Waals surface area contributed by atoms with Crippen molar-refractivity contribution in [3.63, 3.8) is 0 Å². The molecule has 2 rings (SSSR count). The number of fused-ring (bicyclic) bond motifs is 1. The minimum atomic E-state index is 0.215. The van der Waals surface area contributed by atoms with Crippen LogP contribution in [0, 0.1) is 0 Å². The lowest BCUT2D eigenvalue weighted by Crippen LogP contribution is -2.38. The maximum atomic E-state index is 8.73. The smallest absolute Gasteiger partial charge is 0.153 e. The van der Waals surface area contributed by atoms with Crippen molar-refractivity contribution in [2.75, 3.05) is 6.54 Å². The van der Waals surface area contributed by atoms with Crippen LogP contribution in [0.5, 0.6) is 0 Å². The van der Waals surface area contributed by atoms with Crippen LogP contribution in [-0.4, -0.2) is 33.5 Å². The zero-order chi connectivity index (χ0) is 14.5. The molecule has 3 N–H and O–H groups in total. The predicted molar refractivity (Wildman–Crippen MR) is 80.7 cm³/mol. The summed E-state index contributed by atoms with van der Waals surface area (Å²) in [6.45, 7) is 5.31. The summed E-state index contributed by atoms with van der Waals surface area (Å²) in [5, 5.41) is 12.9. The molecule has 0 radical (unpaired) electrons. The van der Waals surface area contributed by atoms with Crippen LogP contribution in [0.15, 0.2) is 41.7 Å². The number of oxime groups is 1. The third kappa shape index (κ3) is 3.24. The van der Waals surface area contributed by atoms with E-state index in [1.807, 2.05) is 12.1 Å². The van der Waals surface area contributed by atoms with Crippen molar-refractivity contribution in [3.8, 4) is 0 Å². The molecule has 0 amide bonds. The second-order valence-corrected chi connectivity index (χ2v) is 5.08. The zero-order valence-corrected chi connectivity index (χ0v) is 11.8. The van der Waals surface area contributed by atoms with Gasteiger partial charge >= 0.3 is 0 Å². The van der Waals surface area contributed by atoms with Gasteiger partial charge < -0.3 is 10.9 Å². The lowest BCUT2D eigenvalue weighted by atomic mass is 10.1. The Bertz CT molecular complexity index is 604. The first-order chi connectivity index (χ1) is 9.61. The maximum absolute atomic E-state index is 8.73. The molecule has 0 spiro atoms. The summed E-state index contributed by atoms with van der Waals surface area (Å²) in [6.07, 6.45) is 1.80. The Morgan fingerprint density at radius 1 is 1.35 bits per heavy atom. The van der Waals surface area contributed by atoms with Crippen LogP contribution in [0.25, 0.3) is 10.9 Å². The average Bonchev–Trinajstić information content (AvgIpc) is 2.46. The normalized spacial score (nSPS) is 12.5. The highest BCUT2D eigenvalue weighted by atomic mass is 16.4. The summed E-state index contributed by atoms with van der Waals surface area (Å²) in [5.74, 6) is 0.215. The number of hydrogen-bond acceptors (Lipinski definition) is 4. The van der Waals surface area contributed by atoms with E-state index in [2.05, 4.69) is 47.1 Å². The monoisotopic (exact) mass is 272 g/mol. The molecule has 0 aliphatic heterocycles. The standard InChI is InChI=1S/C15H20N4O/c1-11(2)19(10-14(16)18-20)9-13-6-3-5-12-7-4-8-17-15(12)13/h3-8,11,20H,9-10H2,1-2H3,(H2,16,18). The Hall–Kier alpha value is -2.14. The quantitative estimate of drug-likeness (QED) is 0.379. The van der Waals surface area contributed by atoms with E-state index in [9.17, 15) is 0 Å². The van der Waals surface area contributed by atoms with Crippen molar-refractivity contribution >= 4 is 16.7 Å². The molecular weight excluding hydrogens is 252 g/mol. The molecule has 0 atom stereocenters. The van der Waals surface area contributed by atoms with E-state index in [0.29, 0.717) is 13.1 Å². The fraction of sp³-hybridized carbons (Fsp3) is 0.333. The zero-order valence-electron chi connectivity index (χ0n) is 11.8. The first-order valence-corrected chi connectivity index (χ1v) is 6.65. The largest absolute Gasteiger partial charge is 0.409 e. The van der Waals surface area contributed by atoms with Gasteiger partial charge in [0.05, 0.1) is 12.1 Å². The van der Waals surface area contributed by atoms with Crippen LogP contribution in [-0.2, 0) is 6.54 Å². The van der Waals surface area contributed by atoms with Gasteiger partial charge in [0.25, 0.3) is 0 Å². The highest BCUT2D eigenvalue weighted by Crippen LogP contribution is 2.18. The molecule has 5 nitrogen and oxygen atoms in total. The van der Waals surface area contributed by atoms with Crippen LogP contribution in [0.4, 0.5) is 0 Å². The van der Waals surface area contributed by atoms with Gasteiger partial charge in [-0.05, 0) is 25.5 Å². The molecule has 1 aromatic carbocycles. The second-order valence-electron chi connectivity index (χ2n) is 5.08. The highest BCUT2D eigenvalue weighted by molar-refractivity contribution is 5.82. The van der Waals surface area contributed by atoms with Gasteiger partial charge in [0, 0.05) is 24.2 Å². The van der Waals surface area contributed by atoms with Crippen molar-refractivity contribution in [1.82, 2.24) is 9.88 Å². The summed E-state index contributed by atoms with van der Waals surface area (Å²) in [7, 11) is 0. The van der Waals surface area contributed by atoms with Gasteiger partial charge in [0.2, 0.25) is 0 Å². The number of benzene rings is 1. The summed E-state index contributed by atoms with van der Waals surface area (Å²) in [6, 6.07) is 10.4. The van der Waals surface area contributed by atoms with Gasteiger partial charge in [0.1, 0.15) is 0 Å². The van der Waals surface area contributed by atoms with Gasteiger partial charge in [-0.25, -0.2) is 0 Å². The number of nitrogens with zero attached hydrogens (tertiary/aromatic N) is 3. The van der Waals surface area contributed by atoms with E-state index in [4.69, 9.17) is 10.9 Å². The molecule has 0 unspecified atom stereocenters. The maximum Gasteiger partial charge on any atom is 0.153 e. The third-order valence-corrected chi connectivity index (χ3v) is 3.31. The molecule has 0 bridgehead atoms. The number of rotatable bonds is 5. The Morgan fingerprint density at radius 3 is 2.80 bits per heavy atom. The Balaban J connectivity index is 2.29. The van der Waals surface area contributed by atoms with E-state index in [-0.39, 0.29) is 11.9 Å². The van der Waals surface area contributed by atoms with Gasteiger partial charge in [-0.15, -0.1) is 0 Å². The first-order valence-electron chi connectivity index (χ1n) is 6.65. The molecule has 20 heavy (non-hydrogen) atoms. The number of pyridine rings is 1. The van der Waals surface area contributed by atoms with E-state index in [0.717, 1.165) is 16.5 Å². The number of hydrogen-bond donors (Lipinski definition) is 2. The number of nitrogens with two attached hydrogens (primary N) is 1. The Morgan fingerprint density at radius 2 is 2.10 bits per heavy atom. The van der Waals surface area contributed by atoms with Gasteiger partial charge in [0.15, 0.2) is 5.84 Å². The van der Waals surface area contributed by atoms with Crippen molar-refractivity contribution < 1.29 is 5.21 Å². The van der Waals surface area contributed by atoms with Crippen molar-refractivity contribution in [1.29, 1.82) is 0 Å². The molecule has 5 heteroatoms. The van der Waals surface area contributed by atoms with E-state index in [1.165, 1.54) is 0 Å². The molecule has 106 valence electrons. The Labute approximate surface area is 118 Å². The van der Waals surface area contributed by atoms with Crippen molar-refractivity contribution in [3.05, 3.63) is 42.1 Å². The van der Waals surface area contributed by atoms with Gasteiger partial charge in [-0.3, -0.25) is 9.88 Å². The predicted octanol–water partition coefficient (Wildman–Crippen LogP) is 2.19. The molecule has 1 heterocycles. The SMILES string of the molecule is CC(C)N(CC(N)=NO)Cc1cccc2cccnc12. The molecule has 0 saturated heterocycles. The lowest BCUT2D eigenvalue weighted by molar-refractivity contribution is 0.239. The summed E-state index contributed by atoms with van der Waals surface area (Å²) < 4.78 is 0. The topological polar surface area (TPSA) is 74.7 Å². The van der Waals surface area contributed by atoms with Crippen LogP contribution in [0.3, 0.4) is 0 Å². The number of amidine groups is 1. The summed E-state index contributed by atoms with van der Waals surface area (Å²) >= 11 is 0. The minimum Gasteiger partial charge on any atom is -0.409 e. The molecule has 0 saturated carbocycles. The fourth-order valence-corrected chi connectivity index (χ4v) is 2.17. The highest BCUT2D eigenvalue weighted by Gasteiger charge is 2.14. The van der Waals surface area contributed by atoms with Crippen LogP contribution < -0.4 is 5.73 Å². The number of para-hydroxylation sites is 1. The second kappa shape index (κ2) is 6.34. The van der Waals surface area contributed by atoms with Gasteiger partial charge in [-0.2, -0.15) is 0 Å². The van der Waals surface area contributed by atoms with E-state index in [1.54, 1.807) is 6.20 Å². The third-order valence-electron chi connectivity index (χ3n) is 3.31. The van der Waals surface area contributed by atoms with Crippen molar-refractivity contribution in [2.45, 2.75) is 26.4 Å². The lowest BCUT2D eigenvalue weighted by Gasteiger charge is -2.26. The number of aromatic nitrogens is 1. The van der Waals surface area contributed by atoms with Crippen molar-refractivity contribution in [2.24, 2.45) is 10.9 Å². The van der Waals surface area contributed by atoms with E-state index >= 15 is 0 Å².